The van der Waals surface area contributed by atoms with Crippen LogP contribution in [0.4, 0.5) is 13.2 Å². The SMILES string of the molecule is CNC(=O)c1cc(C)ccc1OC(F)(F)F. The Balaban J connectivity index is 3.13. The first kappa shape index (κ1) is 12.4. The van der Waals surface area contributed by atoms with Gasteiger partial charge in [-0.3, -0.25) is 4.79 Å². The molecule has 0 heterocycles. The van der Waals surface area contributed by atoms with Crippen LogP contribution in [0.2, 0.25) is 0 Å². The van der Waals surface area contributed by atoms with Gasteiger partial charge in [-0.05, 0) is 19.1 Å². The maximum atomic E-state index is 12.0. The quantitative estimate of drug-likeness (QED) is 0.850. The average molecular weight is 233 g/mol. The smallest absolute Gasteiger partial charge is 0.405 e. The molecule has 0 unspecified atom stereocenters. The molecule has 1 amide bonds. The Labute approximate surface area is 90.2 Å². The van der Waals surface area contributed by atoms with Crippen molar-refractivity contribution in [2.45, 2.75) is 13.3 Å². The van der Waals surface area contributed by atoms with Gasteiger partial charge in [-0.15, -0.1) is 13.2 Å². The minimum atomic E-state index is -4.81. The standard InChI is InChI=1S/C10H10F3NO2/c1-6-3-4-8(16-10(11,12)13)7(5-6)9(15)14-2/h3-5H,1-2H3,(H,14,15). The van der Waals surface area contributed by atoms with E-state index in [-0.39, 0.29) is 5.56 Å². The molecule has 0 spiro atoms. The van der Waals surface area contributed by atoms with Crippen molar-refractivity contribution in [3.8, 4) is 5.75 Å². The lowest BCUT2D eigenvalue weighted by Crippen LogP contribution is -2.23. The second kappa shape index (κ2) is 4.42. The van der Waals surface area contributed by atoms with Crippen LogP contribution in [0.1, 0.15) is 15.9 Å². The summed E-state index contributed by atoms with van der Waals surface area (Å²) < 4.78 is 39.9. The van der Waals surface area contributed by atoms with Gasteiger partial charge in [0.25, 0.3) is 5.91 Å². The van der Waals surface area contributed by atoms with Gasteiger partial charge < -0.3 is 10.1 Å². The zero-order valence-electron chi connectivity index (χ0n) is 8.68. The van der Waals surface area contributed by atoms with Crippen molar-refractivity contribution in [1.82, 2.24) is 5.32 Å². The van der Waals surface area contributed by atoms with Crippen LogP contribution in [0.15, 0.2) is 18.2 Å². The van der Waals surface area contributed by atoms with Crippen LogP contribution in [-0.4, -0.2) is 19.3 Å². The number of aryl methyl sites for hydroxylation is 1. The van der Waals surface area contributed by atoms with Gasteiger partial charge >= 0.3 is 6.36 Å². The second-order valence-electron chi connectivity index (χ2n) is 3.13. The van der Waals surface area contributed by atoms with Crippen LogP contribution in [0.5, 0.6) is 5.75 Å². The predicted octanol–water partition coefficient (Wildman–Crippen LogP) is 2.25. The number of carbonyl (C=O) groups excluding carboxylic acids is 1. The zero-order chi connectivity index (χ0) is 12.3. The summed E-state index contributed by atoms with van der Waals surface area (Å²) >= 11 is 0. The van der Waals surface area contributed by atoms with Crippen LogP contribution >= 0.6 is 0 Å². The van der Waals surface area contributed by atoms with Gasteiger partial charge in [-0.25, -0.2) is 0 Å². The number of benzene rings is 1. The molecule has 16 heavy (non-hydrogen) atoms. The Morgan fingerprint density at radius 2 is 2.00 bits per heavy atom. The second-order valence-corrected chi connectivity index (χ2v) is 3.13. The van der Waals surface area contributed by atoms with Crippen LogP contribution in [0.25, 0.3) is 0 Å². The highest BCUT2D eigenvalue weighted by Crippen LogP contribution is 2.27. The number of hydrogen-bond acceptors (Lipinski definition) is 2. The molecule has 0 aliphatic carbocycles. The third-order valence-electron chi connectivity index (χ3n) is 1.83. The van der Waals surface area contributed by atoms with Crippen LogP contribution in [0.3, 0.4) is 0 Å². The molecule has 0 saturated carbocycles. The monoisotopic (exact) mass is 233 g/mol. The number of hydrogen-bond donors (Lipinski definition) is 1. The van der Waals surface area contributed by atoms with E-state index >= 15 is 0 Å². The summed E-state index contributed by atoms with van der Waals surface area (Å²) in [5.41, 5.74) is 0.535. The van der Waals surface area contributed by atoms with Gasteiger partial charge in [0, 0.05) is 7.05 Å². The molecule has 3 nitrogen and oxygen atoms in total. The predicted molar refractivity (Wildman–Crippen MR) is 51.3 cm³/mol. The lowest BCUT2D eigenvalue weighted by molar-refractivity contribution is -0.274. The number of ether oxygens (including phenoxy) is 1. The lowest BCUT2D eigenvalue weighted by Gasteiger charge is -2.12. The first-order valence-electron chi connectivity index (χ1n) is 4.42. The topological polar surface area (TPSA) is 38.3 Å². The molecule has 0 radical (unpaired) electrons. The molecule has 1 aromatic rings. The minimum absolute atomic E-state index is 0.139. The van der Waals surface area contributed by atoms with Crippen molar-refractivity contribution in [2.75, 3.05) is 7.05 Å². The third-order valence-corrected chi connectivity index (χ3v) is 1.83. The van der Waals surface area contributed by atoms with E-state index < -0.39 is 18.0 Å². The largest absolute Gasteiger partial charge is 0.573 e. The molecule has 1 N–H and O–H groups in total. The van der Waals surface area contributed by atoms with E-state index in [4.69, 9.17) is 0 Å². The van der Waals surface area contributed by atoms with Gasteiger partial charge in [0.05, 0.1) is 5.56 Å². The van der Waals surface area contributed by atoms with E-state index in [1.165, 1.54) is 19.2 Å². The van der Waals surface area contributed by atoms with Crippen molar-refractivity contribution < 1.29 is 22.7 Å². The Morgan fingerprint density at radius 1 is 1.38 bits per heavy atom. The van der Waals surface area contributed by atoms with Crippen LogP contribution in [0, 0.1) is 6.92 Å². The average Bonchev–Trinajstić information content (AvgIpc) is 2.17. The number of halogens is 3. The van der Waals surface area contributed by atoms with Gasteiger partial charge in [-0.2, -0.15) is 0 Å². The van der Waals surface area contributed by atoms with E-state index in [0.717, 1.165) is 6.07 Å². The van der Waals surface area contributed by atoms with Crippen LogP contribution in [-0.2, 0) is 0 Å². The summed E-state index contributed by atoms with van der Waals surface area (Å²) in [5, 5.41) is 2.25. The molecule has 1 rings (SSSR count). The summed E-state index contributed by atoms with van der Waals surface area (Å²) in [6.07, 6.45) is -4.81. The Bertz CT molecular complexity index is 402. The van der Waals surface area contributed by atoms with Gasteiger partial charge in [-0.1, -0.05) is 11.6 Å². The zero-order valence-corrected chi connectivity index (χ0v) is 8.68. The molecule has 0 bridgehead atoms. The molecule has 88 valence electrons. The number of carbonyl (C=O) groups is 1. The molecular weight excluding hydrogens is 223 g/mol. The van der Waals surface area contributed by atoms with Gasteiger partial charge in [0.15, 0.2) is 0 Å². The minimum Gasteiger partial charge on any atom is -0.405 e. The van der Waals surface area contributed by atoms with Crippen molar-refractivity contribution >= 4 is 5.91 Å². The highest BCUT2D eigenvalue weighted by molar-refractivity contribution is 5.96. The summed E-state index contributed by atoms with van der Waals surface area (Å²) in [7, 11) is 1.34. The first-order valence-corrected chi connectivity index (χ1v) is 4.42. The number of nitrogens with one attached hydrogen (secondary N) is 1. The first-order chi connectivity index (χ1) is 7.33. The summed E-state index contributed by atoms with van der Waals surface area (Å²) in [6.45, 7) is 1.67. The molecule has 1 aromatic carbocycles. The number of amides is 1. The van der Waals surface area contributed by atoms with Crippen molar-refractivity contribution in [3.05, 3.63) is 29.3 Å². The van der Waals surface area contributed by atoms with E-state index in [1.54, 1.807) is 6.92 Å². The molecule has 0 aliphatic heterocycles. The lowest BCUT2D eigenvalue weighted by atomic mass is 10.1. The maximum absolute atomic E-state index is 12.0. The fourth-order valence-electron chi connectivity index (χ4n) is 1.17. The fraction of sp³-hybridized carbons (Fsp3) is 0.300. The fourth-order valence-corrected chi connectivity index (χ4v) is 1.17. The Hall–Kier alpha value is -1.72. The van der Waals surface area contributed by atoms with Gasteiger partial charge in [0.2, 0.25) is 0 Å². The number of alkyl halides is 3. The van der Waals surface area contributed by atoms with E-state index in [0.29, 0.717) is 5.56 Å². The van der Waals surface area contributed by atoms with E-state index in [2.05, 4.69) is 10.1 Å². The third kappa shape index (κ3) is 3.15. The van der Waals surface area contributed by atoms with Crippen molar-refractivity contribution in [1.29, 1.82) is 0 Å². The Kier molecular flexibility index (Phi) is 3.41. The Morgan fingerprint density at radius 3 is 2.50 bits per heavy atom. The van der Waals surface area contributed by atoms with Crippen molar-refractivity contribution in [2.24, 2.45) is 0 Å². The van der Waals surface area contributed by atoms with Crippen molar-refractivity contribution in [3.63, 3.8) is 0 Å². The summed E-state index contributed by atoms with van der Waals surface area (Å²) in [4.78, 5) is 11.3. The summed E-state index contributed by atoms with van der Waals surface area (Å²) in [6, 6.07) is 3.89. The molecule has 0 fully saturated rings. The normalized spacial score (nSPS) is 11.1. The van der Waals surface area contributed by atoms with Gasteiger partial charge in [0.1, 0.15) is 5.75 Å². The number of rotatable bonds is 2. The molecular formula is C10H10F3NO2. The van der Waals surface area contributed by atoms with E-state index in [1.807, 2.05) is 0 Å². The molecule has 6 heteroatoms. The molecule has 0 saturated heterocycles. The molecule has 0 aliphatic rings. The maximum Gasteiger partial charge on any atom is 0.573 e. The molecule has 0 atom stereocenters. The van der Waals surface area contributed by atoms with Crippen LogP contribution < -0.4 is 10.1 Å². The summed E-state index contributed by atoms with van der Waals surface area (Å²) in [5.74, 6) is -1.12. The van der Waals surface area contributed by atoms with E-state index in [9.17, 15) is 18.0 Å². The highest BCUT2D eigenvalue weighted by Gasteiger charge is 2.32. The highest BCUT2D eigenvalue weighted by atomic mass is 19.4. The molecule has 0 aromatic heterocycles.